The highest BCUT2D eigenvalue weighted by atomic mass is 16.3. The zero-order valence-corrected chi connectivity index (χ0v) is 12.7. The first-order chi connectivity index (χ1) is 11.2. The Balaban J connectivity index is 1.74. The highest BCUT2D eigenvalue weighted by molar-refractivity contribution is 5.60. The predicted molar refractivity (Wildman–Crippen MR) is 88.6 cm³/mol. The number of aromatic nitrogens is 3. The molecule has 0 aliphatic heterocycles. The van der Waals surface area contributed by atoms with Gasteiger partial charge in [0.25, 0.3) is 0 Å². The van der Waals surface area contributed by atoms with E-state index in [4.69, 9.17) is 0 Å². The minimum atomic E-state index is -0.317. The highest BCUT2D eigenvalue weighted by Gasteiger charge is 2.09. The van der Waals surface area contributed by atoms with Crippen LogP contribution >= 0.6 is 0 Å². The van der Waals surface area contributed by atoms with E-state index in [-0.39, 0.29) is 12.0 Å². The summed E-state index contributed by atoms with van der Waals surface area (Å²) in [5.41, 5.74) is 8.93. The first kappa shape index (κ1) is 14.9. The Hall–Kier alpha value is -2.99. The largest absolute Gasteiger partial charge is 0.479 e. The van der Waals surface area contributed by atoms with Gasteiger partial charge in [-0.25, -0.2) is 5.43 Å². The van der Waals surface area contributed by atoms with Gasteiger partial charge >= 0.3 is 6.01 Å². The van der Waals surface area contributed by atoms with Gasteiger partial charge in [0.2, 0.25) is 5.95 Å². The van der Waals surface area contributed by atoms with Gasteiger partial charge in [-0.2, -0.15) is 15.0 Å². The number of nitrogens with one attached hydrogen (secondary N) is 2. The molecular formula is C17H17N5O. The third-order valence-corrected chi connectivity index (χ3v) is 3.35. The lowest BCUT2D eigenvalue weighted by Crippen LogP contribution is -2.22. The quantitative estimate of drug-likeness (QED) is 0.629. The summed E-state index contributed by atoms with van der Waals surface area (Å²) in [4.78, 5) is 12.2. The SMILES string of the molecule is Cc1ccccc1-c1nc(O)nc(NNCc2ccccc2)n1. The van der Waals surface area contributed by atoms with Crippen molar-refractivity contribution in [3.63, 3.8) is 0 Å². The molecule has 23 heavy (non-hydrogen) atoms. The van der Waals surface area contributed by atoms with Crippen molar-refractivity contribution in [1.82, 2.24) is 20.4 Å². The van der Waals surface area contributed by atoms with Gasteiger partial charge in [-0.3, -0.25) is 5.43 Å². The van der Waals surface area contributed by atoms with Crippen LogP contribution in [-0.2, 0) is 6.54 Å². The third kappa shape index (κ3) is 3.81. The maximum atomic E-state index is 9.73. The van der Waals surface area contributed by atoms with Crippen LogP contribution in [0.2, 0.25) is 0 Å². The van der Waals surface area contributed by atoms with E-state index in [0.717, 1.165) is 16.7 Å². The number of aromatic hydroxyl groups is 1. The Morgan fingerprint density at radius 3 is 2.43 bits per heavy atom. The van der Waals surface area contributed by atoms with Crippen molar-refractivity contribution in [1.29, 1.82) is 0 Å². The van der Waals surface area contributed by atoms with E-state index in [1.54, 1.807) is 0 Å². The van der Waals surface area contributed by atoms with Crippen molar-refractivity contribution >= 4 is 5.95 Å². The van der Waals surface area contributed by atoms with Gasteiger partial charge in [-0.1, -0.05) is 54.6 Å². The first-order valence-electron chi connectivity index (χ1n) is 7.26. The van der Waals surface area contributed by atoms with E-state index in [0.29, 0.717) is 12.4 Å². The van der Waals surface area contributed by atoms with Crippen LogP contribution < -0.4 is 10.9 Å². The highest BCUT2D eigenvalue weighted by Crippen LogP contribution is 2.21. The maximum Gasteiger partial charge on any atom is 0.319 e. The van der Waals surface area contributed by atoms with Gasteiger partial charge in [-0.15, -0.1) is 0 Å². The summed E-state index contributed by atoms with van der Waals surface area (Å²) in [5.74, 6) is 0.700. The molecule has 0 unspecified atom stereocenters. The lowest BCUT2D eigenvalue weighted by molar-refractivity contribution is 0.429. The summed E-state index contributed by atoms with van der Waals surface area (Å²) in [5, 5.41) is 9.73. The molecule has 0 atom stereocenters. The van der Waals surface area contributed by atoms with Crippen LogP contribution in [0.1, 0.15) is 11.1 Å². The Morgan fingerprint density at radius 1 is 0.913 bits per heavy atom. The number of hydrogen-bond acceptors (Lipinski definition) is 6. The number of benzene rings is 2. The summed E-state index contributed by atoms with van der Waals surface area (Å²) in [6.07, 6.45) is 0. The Morgan fingerprint density at radius 2 is 1.65 bits per heavy atom. The molecule has 0 fully saturated rings. The number of anilines is 1. The van der Waals surface area contributed by atoms with E-state index in [9.17, 15) is 5.11 Å². The molecule has 0 aliphatic rings. The average molecular weight is 307 g/mol. The molecule has 1 heterocycles. The van der Waals surface area contributed by atoms with Crippen molar-refractivity contribution in [3.8, 4) is 17.4 Å². The van der Waals surface area contributed by atoms with E-state index in [1.165, 1.54) is 0 Å². The summed E-state index contributed by atoms with van der Waals surface area (Å²) < 4.78 is 0. The van der Waals surface area contributed by atoms with Gasteiger partial charge in [0, 0.05) is 12.1 Å². The molecule has 0 saturated carbocycles. The van der Waals surface area contributed by atoms with Crippen molar-refractivity contribution < 1.29 is 5.11 Å². The van der Waals surface area contributed by atoms with Gasteiger partial charge in [-0.05, 0) is 18.1 Å². The summed E-state index contributed by atoms with van der Waals surface area (Å²) in [6, 6.07) is 17.4. The van der Waals surface area contributed by atoms with E-state index in [2.05, 4.69) is 25.8 Å². The Kier molecular flexibility index (Phi) is 4.44. The number of aryl methyl sites for hydroxylation is 1. The zero-order valence-electron chi connectivity index (χ0n) is 12.7. The van der Waals surface area contributed by atoms with Crippen molar-refractivity contribution in [3.05, 3.63) is 65.7 Å². The molecule has 3 N–H and O–H groups in total. The van der Waals surface area contributed by atoms with Crippen molar-refractivity contribution in [2.45, 2.75) is 13.5 Å². The molecular weight excluding hydrogens is 290 g/mol. The molecule has 3 aromatic rings. The van der Waals surface area contributed by atoms with Crippen molar-refractivity contribution in [2.75, 3.05) is 5.43 Å². The normalized spacial score (nSPS) is 10.5. The zero-order chi connectivity index (χ0) is 16.1. The number of hydrogen-bond donors (Lipinski definition) is 3. The van der Waals surface area contributed by atoms with Gasteiger partial charge in [0.15, 0.2) is 5.82 Å². The Labute approximate surface area is 134 Å². The smallest absolute Gasteiger partial charge is 0.319 e. The monoisotopic (exact) mass is 307 g/mol. The predicted octanol–water partition coefficient (Wildman–Crippen LogP) is 2.67. The summed E-state index contributed by atoms with van der Waals surface area (Å²) in [7, 11) is 0. The molecule has 0 amide bonds. The van der Waals surface area contributed by atoms with Crippen LogP contribution in [-0.4, -0.2) is 20.1 Å². The Bertz CT molecular complexity index is 792. The van der Waals surface area contributed by atoms with Gasteiger partial charge < -0.3 is 5.11 Å². The maximum absolute atomic E-state index is 9.73. The number of nitrogens with zero attached hydrogens (tertiary/aromatic N) is 3. The topological polar surface area (TPSA) is 83.0 Å². The fourth-order valence-electron chi connectivity index (χ4n) is 2.19. The van der Waals surface area contributed by atoms with E-state index in [1.807, 2.05) is 61.5 Å². The second-order valence-electron chi connectivity index (χ2n) is 5.06. The third-order valence-electron chi connectivity index (χ3n) is 3.35. The molecule has 0 spiro atoms. The standard InChI is InChI=1S/C17H17N5O/c1-12-7-5-6-10-14(12)15-19-16(21-17(23)20-15)22-18-11-13-8-3-2-4-9-13/h2-10,18H,11H2,1H3,(H2,19,20,21,22,23). The van der Waals surface area contributed by atoms with E-state index < -0.39 is 0 Å². The molecule has 0 bridgehead atoms. The van der Waals surface area contributed by atoms with Gasteiger partial charge in [0.05, 0.1) is 0 Å². The molecule has 0 saturated heterocycles. The van der Waals surface area contributed by atoms with Crippen LogP contribution in [0.15, 0.2) is 54.6 Å². The molecule has 0 aliphatic carbocycles. The second-order valence-corrected chi connectivity index (χ2v) is 5.06. The molecule has 3 rings (SSSR count). The molecule has 6 heteroatoms. The molecule has 2 aromatic carbocycles. The summed E-state index contributed by atoms with van der Waals surface area (Å²) >= 11 is 0. The molecule has 1 aromatic heterocycles. The second kappa shape index (κ2) is 6.85. The minimum Gasteiger partial charge on any atom is -0.479 e. The van der Waals surface area contributed by atoms with Crippen LogP contribution in [0.5, 0.6) is 6.01 Å². The van der Waals surface area contributed by atoms with Gasteiger partial charge in [0.1, 0.15) is 0 Å². The van der Waals surface area contributed by atoms with Crippen LogP contribution in [0, 0.1) is 6.92 Å². The van der Waals surface area contributed by atoms with Crippen LogP contribution in [0.4, 0.5) is 5.95 Å². The molecule has 116 valence electrons. The number of rotatable bonds is 5. The minimum absolute atomic E-state index is 0.270. The molecule has 6 nitrogen and oxygen atoms in total. The summed E-state index contributed by atoms with van der Waals surface area (Å²) in [6.45, 7) is 2.57. The number of hydrazine groups is 1. The lowest BCUT2D eigenvalue weighted by Gasteiger charge is -2.09. The average Bonchev–Trinajstić information content (AvgIpc) is 2.56. The molecule has 0 radical (unpaired) electrons. The first-order valence-corrected chi connectivity index (χ1v) is 7.26. The fraction of sp³-hybridized carbons (Fsp3) is 0.118. The van der Waals surface area contributed by atoms with Crippen LogP contribution in [0.3, 0.4) is 0 Å². The van der Waals surface area contributed by atoms with E-state index >= 15 is 0 Å². The lowest BCUT2D eigenvalue weighted by atomic mass is 10.1. The van der Waals surface area contributed by atoms with Crippen LogP contribution in [0.25, 0.3) is 11.4 Å². The fourth-order valence-corrected chi connectivity index (χ4v) is 2.19. The van der Waals surface area contributed by atoms with Crippen molar-refractivity contribution in [2.24, 2.45) is 0 Å².